The van der Waals surface area contributed by atoms with Gasteiger partial charge in [0.2, 0.25) is 47.3 Å². The first-order chi connectivity index (χ1) is 47.9. The molecule has 1 fully saturated rings. The van der Waals surface area contributed by atoms with Crippen LogP contribution in [0.15, 0.2) is 114 Å². The zero-order valence-electron chi connectivity index (χ0n) is 55.1. The Balaban J connectivity index is 1.06. The molecule has 3 aliphatic heterocycles. The number of amides is 8. The van der Waals surface area contributed by atoms with Crippen LogP contribution in [-0.4, -0.2) is 163 Å². The summed E-state index contributed by atoms with van der Waals surface area (Å²) in [6, 6.07) is 13.9. The van der Waals surface area contributed by atoms with Crippen LogP contribution >= 0.6 is 23.5 Å². The molecule has 0 unspecified atom stereocenters. The van der Waals surface area contributed by atoms with Crippen LogP contribution in [0.4, 0.5) is 8.78 Å². The maximum atomic E-state index is 15.2. The maximum Gasteiger partial charge on any atom is 0.305 e. The molecule has 8 amide bonds. The number of nitrogens with one attached hydrogen (secondary N) is 8. The Hall–Kier alpha value is -9.74. The van der Waals surface area contributed by atoms with Crippen molar-refractivity contribution in [2.75, 3.05) is 31.1 Å². The Kier molecular flexibility index (Phi) is 26.0. The lowest BCUT2D eigenvalue weighted by Crippen LogP contribution is -2.62. The van der Waals surface area contributed by atoms with Crippen LogP contribution in [0.3, 0.4) is 0 Å². The van der Waals surface area contributed by atoms with Gasteiger partial charge in [0.25, 0.3) is 0 Å². The summed E-state index contributed by atoms with van der Waals surface area (Å²) in [6.45, 7) is 1.13. The lowest BCUT2D eigenvalue weighted by molar-refractivity contribution is -0.147. The zero-order chi connectivity index (χ0) is 71.6. The molecule has 0 spiro atoms. The van der Waals surface area contributed by atoms with Crippen LogP contribution in [0, 0.1) is 23.5 Å². The Labute approximate surface area is 583 Å². The van der Waals surface area contributed by atoms with Crippen molar-refractivity contribution < 1.29 is 71.7 Å². The number of thioether (sulfide) groups is 2. The number of allylic oxidation sites excluding steroid dienone is 1. The summed E-state index contributed by atoms with van der Waals surface area (Å²) in [5.41, 5.74) is 14.6. The molecule has 6 aromatic rings. The minimum absolute atomic E-state index is 0.0180. The predicted molar refractivity (Wildman–Crippen MR) is 373 cm³/mol. The van der Waals surface area contributed by atoms with E-state index in [1.807, 2.05) is 24.3 Å². The van der Waals surface area contributed by atoms with Gasteiger partial charge in [-0.1, -0.05) is 36.4 Å². The van der Waals surface area contributed by atoms with Crippen molar-refractivity contribution in [3.05, 3.63) is 149 Å². The van der Waals surface area contributed by atoms with E-state index in [0.29, 0.717) is 68.6 Å². The number of carbonyl (C=O) groups excluding carboxylic acids is 10. The van der Waals surface area contributed by atoms with Gasteiger partial charge in [-0.25, -0.2) is 8.78 Å². The highest BCUT2D eigenvalue weighted by molar-refractivity contribution is 7.98. The number of aromatic amines is 2. The summed E-state index contributed by atoms with van der Waals surface area (Å²) >= 11 is 2.80. The highest BCUT2D eigenvalue weighted by Crippen LogP contribution is 2.33. The Morgan fingerprint density at radius 1 is 0.710 bits per heavy atom. The van der Waals surface area contributed by atoms with Crippen molar-refractivity contribution in [2.45, 2.75) is 138 Å². The number of Topliss-reactive ketones (excluding diaryl/α,β-unsaturated/α-hetero) is 2. The molecule has 3 aliphatic rings. The molecule has 1 saturated heterocycles. The van der Waals surface area contributed by atoms with E-state index in [9.17, 15) is 52.6 Å². The number of benzene rings is 4. The highest BCUT2D eigenvalue weighted by Gasteiger charge is 2.49. The van der Waals surface area contributed by atoms with Gasteiger partial charge in [-0.2, -0.15) is 23.5 Å². The summed E-state index contributed by atoms with van der Waals surface area (Å²) < 4.78 is 29.8. The number of aliphatic imine (C=N–C) groups is 1. The molecule has 0 saturated carbocycles. The van der Waals surface area contributed by atoms with Gasteiger partial charge in [0.15, 0.2) is 11.6 Å². The van der Waals surface area contributed by atoms with Gasteiger partial charge in [-0.15, -0.1) is 0 Å². The third kappa shape index (κ3) is 20.2. The van der Waals surface area contributed by atoms with Crippen molar-refractivity contribution in [3.63, 3.8) is 0 Å². The Bertz CT molecular complexity index is 4110. The second kappa shape index (κ2) is 34.8. The number of nitrogens with two attached hydrogens (primary N) is 2. The van der Waals surface area contributed by atoms with E-state index < -0.39 is 156 Å². The topological polar surface area (TPSA) is 400 Å². The fourth-order valence-corrected chi connectivity index (χ4v) is 14.5. The number of primary amides is 1. The standard InChI is InChI=1S/C71H82F2N12O13S2/c1-71-18-4-21-85(71)69(97)59(25-40-8-12-50(86)13-9-40)83-65(93)44(24-41-16-20-76-33-41)29-61(88)57(32-63(90)91)81-68(96)58(28-47-35-78-55-15-11-49(73)31-53(47)55)82-66(94)45(26-46-34-77-54-14-10-48(72)30-52(46)54)27-51(87)36-79-67(95)56(7-3-19-74)80-62(89)17-22-99-37-42-5-2-6-43(23-42)38-100-39-60(64(75)92)84-70(71)98/h2,5-6,8-15,20,23,30-31,33-35,44-45,56-60,77-78,86H,3-4,7,16-19,21-22,24-29,32,36-39,74H2,1H3,(H2,75,92)(H,79,95)(H,80,89)(H,81,96)(H,82,94)(H,83,93)(H,84,98)(H,90,91)/t44-,45-,56-,57+,58+,59+,60+,71+/m1/s1. The SMILES string of the molecule is C[C@@]12CCCN1C(=O)[C@H](Cc1ccc(O)cc1)NC(=O)[C@H](CC1=CN=CC1)CC(=O)[C@H](CC(=O)O)NC(=O)[C@H](Cc1c[nH]c3ccc(F)cc13)NC(=O)[C@H](Cc1c[nH]c3ccc(F)cc13)CC(=O)CNC(=O)[C@@H](CCCN)NC(=O)CCSCc1cccc(c1)CSC[C@@H](C(N)=O)NC2=O. The summed E-state index contributed by atoms with van der Waals surface area (Å²) in [7, 11) is 0. The molecule has 25 nitrogen and oxygen atoms in total. The molecule has 2 bridgehead atoms. The molecule has 0 aliphatic carbocycles. The molecule has 14 N–H and O–H groups in total. The van der Waals surface area contributed by atoms with Gasteiger partial charge in [0.05, 0.1) is 19.0 Å². The average molecular weight is 1410 g/mol. The number of carbonyl (C=O) groups is 11. The van der Waals surface area contributed by atoms with Crippen molar-refractivity contribution in [1.82, 2.24) is 46.8 Å². The number of ketones is 2. The quantitative estimate of drug-likeness (QED) is 0.0700. The van der Waals surface area contributed by atoms with E-state index in [2.05, 4.69) is 46.9 Å². The molecule has 9 rings (SSSR count). The number of halogens is 2. The zero-order valence-corrected chi connectivity index (χ0v) is 56.7. The minimum atomic E-state index is -1.90. The largest absolute Gasteiger partial charge is 0.508 e. The molecular formula is C71H82F2N12O13S2. The maximum absolute atomic E-state index is 15.2. The number of hydrogen-bond acceptors (Lipinski definition) is 16. The van der Waals surface area contributed by atoms with Crippen LogP contribution < -0.4 is 43.4 Å². The van der Waals surface area contributed by atoms with Crippen LogP contribution in [-0.2, 0) is 83.5 Å². The van der Waals surface area contributed by atoms with Crippen molar-refractivity contribution in [2.24, 2.45) is 28.3 Å². The molecule has 0 radical (unpaired) electrons. The van der Waals surface area contributed by atoms with Crippen LogP contribution in [0.5, 0.6) is 5.75 Å². The number of aromatic hydroxyl groups is 1. The number of carboxylic acid groups (broad SMARTS) is 1. The Morgan fingerprint density at radius 3 is 1.99 bits per heavy atom. The number of fused-ring (bicyclic) bond motifs is 5. The fourth-order valence-electron chi connectivity index (χ4n) is 12.6. The first kappa shape index (κ1) is 74.5. The van der Waals surface area contributed by atoms with Crippen LogP contribution in [0.1, 0.15) is 98.9 Å². The van der Waals surface area contributed by atoms with Gasteiger partial charge in [-0.05, 0) is 134 Å². The van der Waals surface area contributed by atoms with Crippen LogP contribution in [0.25, 0.3) is 21.8 Å². The molecule has 2 aromatic heterocycles. The smallest absolute Gasteiger partial charge is 0.305 e. The molecule has 5 heterocycles. The van der Waals surface area contributed by atoms with Gasteiger partial charge in [-0.3, -0.25) is 57.7 Å². The molecule has 530 valence electrons. The fraction of sp³-hybridized carbons (Fsp3) is 0.408. The van der Waals surface area contributed by atoms with Gasteiger partial charge < -0.3 is 68.4 Å². The number of nitrogens with zero attached hydrogens (tertiary/aromatic N) is 2. The summed E-state index contributed by atoms with van der Waals surface area (Å²) in [5.74, 6) is -12.2. The lowest BCUT2D eigenvalue weighted by Gasteiger charge is -2.37. The third-order valence-corrected chi connectivity index (χ3v) is 20.2. The minimum Gasteiger partial charge on any atom is -0.508 e. The van der Waals surface area contributed by atoms with E-state index in [-0.39, 0.29) is 75.1 Å². The summed E-state index contributed by atoms with van der Waals surface area (Å²) in [4.78, 5) is 169. The second-order valence-corrected chi connectivity index (χ2v) is 27.7. The van der Waals surface area contributed by atoms with Crippen molar-refractivity contribution >= 4 is 116 Å². The van der Waals surface area contributed by atoms with E-state index in [0.717, 1.165) is 11.1 Å². The second-order valence-electron chi connectivity index (χ2n) is 25.6. The summed E-state index contributed by atoms with van der Waals surface area (Å²) in [6.07, 6.45) is 3.84. The summed E-state index contributed by atoms with van der Waals surface area (Å²) in [5, 5.41) is 37.4. The third-order valence-electron chi connectivity index (χ3n) is 18.1. The number of phenols is 1. The van der Waals surface area contributed by atoms with Crippen molar-refractivity contribution in [1.29, 1.82) is 0 Å². The van der Waals surface area contributed by atoms with E-state index in [4.69, 9.17) is 11.5 Å². The number of aromatic nitrogens is 2. The van der Waals surface area contributed by atoms with Gasteiger partial charge in [0, 0.05) is 127 Å². The normalized spacial score (nSPS) is 23.6. The van der Waals surface area contributed by atoms with Crippen LogP contribution in [0.2, 0.25) is 0 Å². The number of H-pyrrole nitrogens is 2. The molecular weight excluding hydrogens is 1330 g/mol. The van der Waals surface area contributed by atoms with E-state index >= 15 is 19.2 Å². The van der Waals surface area contributed by atoms with Gasteiger partial charge >= 0.3 is 5.97 Å². The predicted octanol–water partition coefficient (Wildman–Crippen LogP) is 4.75. The first-order valence-electron chi connectivity index (χ1n) is 33.0. The average Bonchev–Trinajstić information content (AvgIpc) is 1.57. The van der Waals surface area contributed by atoms with Gasteiger partial charge in [0.1, 0.15) is 47.1 Å². The van der Waals surface area contributed by atoms with E-state index in [1.54, 1.807) is 13.1 Å². The number of carboxylic acids is 1. The molecule has 4 aromatic carbocycles. The number of hydrogen-bond donors (Lipinski definition) is 12. The van der Waals surface area contributed by atoms with E-state index in [1.165, 1.54) is 108 Å². The van der Waals surface area contributed by atoms with Crippen molar-refractivity contribution in [3.8, 4) is 5.75 Å². The molecule has 100 heavy (non-hydrogen) atoms. The monoisotopic (exact) mass is 1410 g/mol. The number of aliphatic carboxylic acids is 1. The molecule has 29 heteroatoms. The number of rotatable bonds is 14. The highest BCUT2D eigenvalue weighted by atomic mass is 32.2. The molecule has 8 atom stereocenters. The Morgan fingerprint density at radius 2 is 1.35 bits per heavy atom. The number of phenolic OH excluding ortho intramolecular Hbond substituents is 1. The first-order valence-corrected chi connectivity index (χ1v) is 35.3. The lowest BCUT2D eigenvalue weighted by atomic mass is 9.89.